The predicted octanol–water partition coefficient (Wildman–Crippen LogP) is 3.00. The van der Waals surface area contributed by atoms with Gasteiger partial charge in [0, 0.05) is 0 Å². The van der Waals surface area contributed by atoms with Crippen molar-refractivity contribution in [3.05, 3.63) is 0 Å². The molecule has 0 aliphatic heterocycles. The molecule has 19 heavy (non-hydrogen) atoms. The summed E-state index contributed by atoms with van der Waals surface area (Å²) >= 11 is 0. The fourth-order valence-corrected chi connectivity index (χ4v) is 3.37. The molecule has 0 saturated heterocycles. The summed E-state index contributed by atoms with van der Waals surface area (Å²) in [5, 5.41) is 9.27. The molecule has 0 radical (unpaired) electrons. The molecule has 2 saturated carbocycles. The molecule has 1 N–H and O–H groups in total. The van der Waals surface area contributed by atoms with Crippen LogP contribution in [0.2, 0.25) is 0 Å². The number of rotatable bonds is 3. The fraction of sp³-hybridized carbons (Fsp3) is 0.867. The van der Waals surface area contributed by atoms with Gasteiger partial charge in [-0.3, -0.25) is 9.59 Å². The summed E-state index contributed by atoms with van der Waals surface area (Å²) in [6, 6.07) is 0. The summed E-state index contributed by atoms with van der Waals surface area (Å²) < 4.78 is 5.54. The number of carbonyl (C=O) groups is 2. The maximum Gasteiger partial charge on any atom is 0.310 e. The summed E-state index contributed by atoms with van der Waals surface area (Å²) in [4.78, 5) is 23.5. The predicted molar refractivity (Wildman–Crippen MR) is 70.6 cm³/mol. The molecule has 2 aliphatic carbocycles. The van der Waals surface area contributed by atoms with Crippen molar-refractivity contribution < 1.29 is 19.4 Å². The molecule has 0 aromatic heterocycles. The van der Waals surface area contributed by atoms with Gasteiger partial charge in [0.1, 0.15) is 6.10 Å². The first-order valence-corrected chi connectivity index (χ1v) is 7.51. The number of esters is 1. The van der Waals surface area contributed by atoms with E-state index in [4.69, 9.17) is 4.74 Å². The Balaban J connectivity index is 1.93. The lowest BCUT2D eigenvalue weighted by molar-refractivity contribution is -0.165. The normalized spacial score (nSPS) is 32.8. The first-order valence-electron chi connectivity index (χ1n) is 7.51. The van der Waals surface area contributed by atoms with Crippen LogP contribution in [0.25, 0.3) is 0 Å². The van der Waals surface area contributed by atoms with Crippen molar-refractivity contribution in [3.63, 3.8) is 0 Å². The van der Waals surface area contributed by atoms with Crippen molar-refractivity contribution in [2.75, 3.05) is 0 Å². The van der Waals surface area contributed by atoms with Crippen molar-refractivity contribution in [2.45, 2.75) is 64.4 Å². The third-order valence-corrected chi connectivity index (χ3v) is 4.57. The van der Waals surface area contributed by atoms with Gasteiger partial charge in [0.05, 0.1) is 11.8 Å². The maximum absolute atomic E-state index is 12.2. The Morgan fingerprint density at radius 3 is 2.32 bits per heavy atom. The minimum Gasteiger partial charge on any atom is -0.481 e. The first-order chi connectivity index (χ1) is 9.08. The average Bonchev–Trinajstić information content (AvgIpc) is 2.39. The topological polar surface area (TPSA) is 63.6 Å². The van der Waals surface area contributed by atoms with Crippen LogP contribution < -0.4 is 0 Å². The van der Waals surface area contributed by atoms with E-state index in [0.717, 1.165) is 32.1 Å². The number of carbonyl (C=O) groups excluding carboxylic acids is 1. The highest BCUT2D eigenvalue weighted by molar-refractivity contribution is 5.81. The van der Waals surface area contributed by atoms with Crippen molar-refractivity contribution in [3.8, 4) is 0 Å². The molecule has 108 valence electrons. The van der Waals surface area contributed by atoms with Gasteiger partial charge < -0.3 is 9.84 Å². The summed E-state index contributed by atoms with van der Waals surface area (Å²) in [6.45, 7) is 2.05. The quantitative estimate of drug-likeness (QED) is 0.799. The zero-order chi connectivity index (χ0) is 13.8. The van der Waals surface area contributed by atoms with E-state index in [2.05, 4.69) is 6.92 Å². The van der Waals surface area contributed by atoms with Gasteiger partial charge >= 0.3 is 11.9 Å². The third-order valence-electron chi connectivity index (χ3n) is 4.57. The molecular weight excluding hydrogens is 244 g/mol. The lowest BCUT2D eigenvalue weighted by Gasteiger charge is -2.32. The highest BCUT2D eigenvalue weighted by atomic mass is 16.5. The van der Waals surface area contributed by atoms with Gasteiger partial charge in [-0.05, 0) is 50.9 Å². The molecular formula is C15H24O4. The molecule has 2 fully saturated rings. The number of ether oxygens (including phenoxy) is 1. The monoisotopic (exact) mass is 268 g/mol. The molecule has 4 heteroatoms. The number of carboxylic acid groups (broad SMARTS) is 1. The third kappa shape index (κ3) is 3.71. The van der Waals surface area contributed by atoms with Gasteiger partial charge in [-0.2, -0.15) is 0 Å². The SMILES string of the molecule is CC1CC[C@H](C(=O)OC2CCCCC2)C(C(=O)O)C1. The van der Waals surface area contributed by atoms with Crippen molar-refractivity contribution in [1.29, 1.82) is 0 Å². The van der Waals surface area contributed by atoms with Crippen LogP contribution >= 0.6 is 0 Å². The second-order valence-corrected chi connectivity index (χ2v) is 6.17. The van der Waals surface area contributed by atoms with Crippen LogP contribution in [0.4, 0.5) is 0 Å². The minimum absolute atomic E-state index is 0.0232. The molecule has 0 aromatic rings. The van der Waals surface area contributed by atoms with E-state index in [1.807, 2.05) is 0 Å². The highest BCUT2D eigenvalue weighted by Crippen LogP contribution is 2.35. The molecule has 2 unspecified atom stereocenters. The van der Waals surface area contributed by atoms with Gasteiger partial charge in [-0.15, -0.1) is 0 Å². The molecule has 2 aliphatic rings. The number of aliphatic carboxylic acids is 1. The van der Waals surface area contributed by atoms with E-state index in [1.165, 1.54) is 6.42 Å². The van der Waals surface area contributed by atoms with Crippen LogP contribution in [-0.2, 0) is 14.3 Å². The lowest BCUT2D eigenvalue weighted by atomic mass is 9.74. The van der Waals surface area contributed by atoms with Crippen LogP contribution in [0.5, 0.6) is 0 Å². The van der Waals surface area contributed by atoms with E-state index < -0.39 is 17.8 Å². The molecule has 2 rings (SSSR count). The number of carboxylic acids is 1. The fourth-order valence-electron chi connectivity index (χ4n) is 3.37. The summed E-state index contributed by atoms with van der Waals surface area (Å²) in [5.74, 6) is -1.72. The second-order valence-electron chi connectivity index (χ2n) is 6.17. The smallest absolute Gasteiger partial charge is 0.310 e. The van der Waals surface area contributed by atoms with Gasteiger partial charge in [0.2, 0.25) is 0 Å². The second kappa shape index (κ2) is 6.40. The van der Waals surface area contributed by atoms with Crippen LogP contribution in [0, 0.1) is 17.8 Å². The molecule has 0 aromatic carbocycles. The standard InChI is InChI=1S/C15H24O4/c1-10-7-8-12(13(9-10)14(16)17)15(18)19-11-5-3-2-4-6-11/h10-13H,2-9H2,1H3,(H,16,17)/t10?,12-,13?/m0/s1. The van der Waals surface area contributed by atoms with Crippen LogP contribution in [0.15, 0.2) is 0 Å². The Labute approximate surface area is 114 Å². The molecule has 3 atom stereocenters. The molecule has 0 spiro atoms. The Hall–Kier alpha value is -1.06. The Morgan fingerprint density at radius 2 is 1.68 bits per heavy atom. The van der Waals surface area contributed by atoms with Gasteiger partial charge in [0.25, 0.3) is 0 Å². The summed E-state index contributed by atoms with van der Waals surface area (Å²) in [6.07, 6.45) is 7.52. The van der Waals surface area contributed by atoms with Gasteiger partial charge in [0.15, 0.2) is 0 Å². The first kappa shape index (κ1) is 14.4. The van der Waals surface area contributed by atoms with Gasteiger partial charge in [-0.1, -0.05) is 13.3 Å². The van der Waals surface area contributed by atoms with Gasteiger partial charge in [-0.25, -0.2) is 0 Å². The number of hydrogen-bond donors (Lipinski definition) is 1. The lowest BCUT2D eigenvalue weighted by Crippen LogP contribution is -2.37. The summed E-state index contributed by atoms with van der Waals surface area (Å²) in [5.41, 5.74) is 0. The zero-order valence-corrected chi connectivity index (χ0v) is 11.6. The molecule has 0 heterocycles. The van der Waals surface area contributed by atoms with E-state index in [9.17, 15) is 14.7 Å². The van der Waals surface area contributed by atoms with E-state index in [-0.39, 0.29) is 12.1 Å². The maximum atomic E-state index is 12.2. The van der Waals surface area contributed by atoms with E-state index in [1.54, 1.807) is 0 Å². The molecule has 0 bridgehead atoms. The minimum atomic E-state index is -0.850. The largest absolute Gasteiger partial charge is 0.481 e. The zero-order valence-electron chi connectivity index (χ0n) is 11.6. The molecule has 4 nitrogen and oxygen atoms in total. The van der Waals surface area contributed by atoms with Crippen molar-refractivity contribution in [2.24, 2.45) is 17.8 Å². The number of hydrogen-bond acceptors (Lipinski definition) is 3. The Bertz CT molecular complexity index is 333. The Kier molecular flexibility index (Phi) is 4.83. The van der Waals surface area contributed by atoms with Crippen LogP contribution in [-0.4, -0.2) is 23.1 Å². The van der Waals surface area contributed by atoms with Crippen molar-refractivity contribution >= 4 is 11.9 Å². The highest BCUT2D eigenvalue weighted by Gasteiger charge is 2.39. The Morgan fingerprint density at radius 1 is 1.00 bits per heavy atom. The van der Waals surface area contributed by atoms with Crippen molar-refractivity contribution in [1.82, 2.24) is 0 Å². The summed E-state index contributed by atoms with van der Waals surface area (Å²) in [7, 11) is 0. The van der Waals surface area contributed by atoms with E-state index >= 15 is 0 Å². The van der Waals surface area contributed by atoms with Crippen LogP contribution in [0.3, 0.4) is 0 Å². The average molecular weight is 268 g/mol. The molecule has 0 amide bonds. The van der Waals surface area contributed by atoms with Crippen LogP contribution in [0.1, 0.15) is 58.3 Å². The van der Waals surface area contributed by atoms with E-state index in [0.29, 0.717) is 18.8 Å².